The van der Waals surface area contributed by atoms with Crippen molar-refractivity contribution in [2.45, 2.75) is 18.9 Å². The first-order valence-corrected chi connectivity index (χ1v) is 11.5. The van der Waals surface area contributed by atoms with Gasteiger partial charge >= 0.3 is 0 Å². The fourth-order valence-electron chi connectivity index (χ4n) is 4.78. The first-order valence-electron chi connectivity index (χ1n) is 11.5. The molecule has 0 radical (unpaired) electrons. The van der Waals surface area contributed by atoms with E-state index in [9.17, 15) is 4.79 Å². The van der Waals surface area contributed by atoms with Crippen LogP contribution < -0.4 is 14.4 Å². The molecule has 0 fully saturated rings. The summed E-state index contributed by atoms with van der Waals surface area (Å²) in [6, 6.07) is 28.5. The molecule has 0 saturated carbocycles. The summed E-state index contributed by atoms with van der Waals surface area (Å²) in [4.78, 5) is 15.0. The largest absolute Gasteiger partial charge is 0.493 e. The van der Waals surface area contributed by atoms with Crippen molar-refractivity contribution in [3.8, 4) is 11.5 Å². The van der Waals surface area contributed by atoms with Crippen molar-refractivity contribution in [3.63, 3.8) is 0 Å². The van der Waals surface area contributed by atoms with E-state index in [-0.39, 0.29) is 11.8 Å². The minimum atomic E-state index is -0.0771. The molecule has 1 aliphatic heterocycles. The van der Waals surface area contributed by atoms with Gasteiger partial charge in [-0.05, 0) is 45.7 Å². The fourth-order valence-corrected chi connectivity index (χ4v) is 4.78. The number of hydrogen-bond acceptors (Lipinski definition) is 3. The molecule has 4 aromatic rings. The average molecular weight is 450 g/mol. The maximum Gasteiger partial charge on any atom is 0.228 e. The van der Waals surface area contributed by atoms with Gasteiger partial charge in [0.05, 0.1) is 7.11 Å². The Kier molecular flexibility index (Phi) is 6.05. The van der Waals surface area contributed by atoms with Crippen molar-refractivity contribution < 1.29 is 14.3 Å². The van der Waals surface area contributed by atoms with Crippen LogP contribution in [0.25, 0.3) is 10.8 Å². The Morgan fingerprint density at radius 2 is 1.76 bits per heavy atom. The standard InChI is InChI=1S/C30H27NO3/c1-3-17-31-26-15-13-22-11-7-8-12-24(22)30(26)25(19-29(31)32)23-14-16-27(28(18-23)33-2)34-20-21-9-5-4-6-10-21/h3-16,18,25H,1,17,19-20H2,2H3. The van der Waals surface area contributed by atoms with Crippen LogP contribution in [-0.2, 0) is 11.4 Å². The number of carbonyl (C=O) groups is 1. The second-order valence-electron chi connectivity index (χ2n) is 8.45. The Morgan fingerprint density at radius 1 is 0.971 bits per heavy atom. The van der Waals surface area contributed by atoms with Crippen LogP contribution >= 0.6 is 0 Å². The van der Waals surface area contributed by atoms with Crippen molar-refractivity contribution >= 4 is 22.4 Å². The molecule has 0 aromatic heterocycles. The van der Waals surface area contributed by atoms with Crippen molar-refractivity contribution in [1.29, 1.82) is 0 Å². The van der Waals surface area contributed by atoms with E-state index in [0.717, 1.165) is 27.6 Å². The number of nitrogens with zero attached hydrogens (tertiary/aromatic N) is 1. The molecule has 0 aliphatic carbocycles. The second kappa shape index (κ2) is 9.44. The zero-order valence-corrected chi connectivity index (χ0v) is 19.2. The maximum atomic E-state index is 13.2. The summed E-state index contributed by atoms with van der Waals surface area (Å²) in [6.07, 6.45) is 2.17. The molecule has 1 amide bonds. The molecule has 1 atom stereocenters. The van der Waals surface area contributed by atoms with Crippen molar-refractivity contribution in [2.75, 3.05) is 18.6 Å². The molecule has 0 saturated heterocycles. The molecular weight excluding hydrogens is 422 g/mol. The predicted molar refractivity (Wildman–Crippen MR) is 137 cm³/mol. The molecule has 170 valence electrons. The van der Waals surface area contributed by atoms with Gasteiger partial charge in [-0.15, -0.1) is 6.58 Å². The Hall–Kier alpha value is -4.05. The van der Waals surface area contributed by atoms with Crippen molar-refractivity contribution in [2.24, 2.45) is 0 Å². The molecule has 0 bridgehead atoms. The van der Waals surface area contributed by atoms with Crippen LogP contribution in [-0.4, -0.2) is 19.6 Å². The van der Waals surface area contributed by atoms with Crippen LogP contribution in [0.4, 0.5) is 5.69 Å². The van der Waals surface area contributed by atoms with Gasteiger partial charge < -0.3 is 14.4 Å². The van der Waals surface area contributed by atoms with Gasteiger partial charge in [0.25, 0.3) is 0 Å². The zero-order valence-electron chi connectivity index (χ0n) is 19.2. The maximum absolute atomic E-state index is 13.2. The molecule has 34 heavy (non-hydrogen) atoms. The van der Waals surface area contributed by atoms with Gasteiger partial charge in [0.15, 0.2) is 11.5 Å². The molecule has 1 heterocycles. The summed E-state index contributed by atoms with van der Waals surface area (Å²) < 4.78 is 11.7. The van der Waals surface area contributed by atoms with E-state index >= 15 is 0 Å². The molecule has 0 spiro atoms. The fraction of sp³-hybridized carbons (Fsp3) is 0.167. The molecule has 4 nitrogen and oxygen atoms in total. The molecular formula is C30H27NO3. The minimum Gasteiger partial charge on any atom is -0.493 e. The lowest BCUT2D eigenvalue weighted by molar-refractivity contribution is -0.119. The van der Waals surface area contributed by atoms with Crippen molar-refractivity contribution in [3.05, 3.63) is 114 Å². The molecule has 4 aromatic carbocycles. The van der Waals surface area contributed by atoms with E-state index in [1.165, 1.54) is 5.56 Å². The third-order valence-electron chi connectivity index (χ3n) is 6.41. The predicted octanol–water partition coefficient (Wildman–Crippen LogP) is 6.48. The Bertz CT molecular complexity index is 1350. The van der Waals surface area contributed by atoms with Gasteiger partial charge in [0.1, 0.15) is 6.61 Å². The molecule has 1 unspecified atom stereocenters. The lowest BCUT2D eigenvalue weighted by atomic mass is 9.81. The zero-order chi connectivity index (χ0) is 23.5. The van der Waals surface area contributed by atoms with Gasteiger partial charge in [-0.2, -0.15) is 0 Å². The number of carbonyl (C=O) groups excluding carboxylic acids is 1. The number of benzene rings is 4. The molecule has 4 heteroatoms. The number of hydrogen-bond donors (Lipinski definition) is 0. The van der Waals surface area contributed by atoms with E-state index < -0.39 is 0 Å². The summed E-state index contributed by atoms with van der Waals surface area (Å²) in [5, 5.41) is 2.32. The summed E-state index contributed by atoms with van der Waals surface area (Å²) in [6.45, 7) is 4.80. The van der Waals surface area contributed by atoms with Gasteiger partial charge in [0.2, 0.25) is 5.91 Å². The SMILES string of the molecule is C=CCN1C(=O)CC(c2ccc(OCc3ccccc3)c(OC)c2)c2c1ccc1ccccc21. The van der Waals surface area contributed by atoms with E-state index in [4.69, 9.17) is 9.47 Å². The smallest absolute Gasteiger partial charge is 0.228 e. The highest BCUT2D eigenvalue weighted by atomic mass is 16.5. The number of fused-ring (bicyclic) bond motifs is 3. The van der Waals surface area contributed by atoms with Crippen LogP contribution in [0.2, 0.25) is 0 Å². The van der Waals surface area contributed by atoms with Gasteiger partial charge in [0, 0.05) is 24.6 Å². The number of methoxy groups -OCH3 is 1. The summed E-state index contributed by atoms with van der Waals surface area (Å²) in [5.74, 6) is 1.36. The Balaban J connectivity index is 1.55. The van der Waals surface area contributed by atoms with Crippen LogP contribution in [0, 0.1) is 0 Å². The number of anilines is 1. The Labute approximate surface area is 200 Å². The summed E-state index contributed by atoms with van der Waals surface area (Å²) in [5.41, 5.74) is 4.24. The monoisotopic (exact) mass is 449 g/mol. The van der Waals surface area contributed by atoms with Crippen LogP contribution in [0.3, 0.4) is 0 Å². The van der Waals surface area contributed by atoms with Gasteiger partial charge in [-0.3, -0.25) is 4.79 Å². The lowest BCUT2D eigenvalue weighted by Crippen LogP contribution is -2.37. The van der Waals surface area contributed by atoms with Crippen LogP contribution in [0.5, 0.6) is 11.5 Å². The van der Waals surface area contributed by atoms with E-state index in [0.29, 0.717) is 31.1 Å². The van der Waals surface area contributed by atoms with E-state index in [2.05, 4.69) is 43.0 Å². The number of rotatable bonds is 7. The molecule has 5 rings (SSSR count). The topological polar surface area (TPSA) is 38.8 Å². The second-order valence-corrected chi connectivity index (χ2v) is 8.45. The minimum absolute atomic E-state index is 0.0771. The van der Waals surface area contributed by atoms with E-state index in [1.54, 1.807) is 13.2 Å². The van der Waals surface area contributed by atoms with Crippen LogP contribution in [0.15, 0.2) is 97.6 Å². The quantitative estimate of drug-likeness (QED) is 0.303. The molecule has 0 N–H and O–H groups in total. The number of ether oxygens (including phenoxy) is 2. The summed E-state index contributed by atoms with van der Waals surface area (Å²) in [7, 11) is 1.65. The first-order chi connectivity index (χ1) is 16.7. The lowest BCUT2D eigenvalue weighted by Gasteiger charge is -2.35. The normalized spacial score (nSPS) is 15.1. The van der Waals surface area contributed by atoms with Crippen molar-refractivity contribution in [1.82, 2.24) is 0 Å². The van der Waals surface area contributed by atoms with Crippen LogP contribution in [0.1, 0.15) is 29.0 Å². The van der Waals surface area contributed by atoms with Gasteiger partial charge in [-0.1, -0.05) is 72.8 Å². The third-order valence-corrected chi connectivity index (χ3v) is 6.41. The Morgan fingerprint density at radius 3 is 2.56 bits per heavy atom. The highest BCUT2D eigenvalue weighted by molar-refractivity contribution is 6.03. The molecule has 1 aliphatic rings. The first kappa shape index (κ1) is 21.8. The highest BCUT2D eigenvalue weighted by Crippen LogP contribution is 2.45. The van der Waals surface area contributed by atoms with Gasteiger partial charge in [-0.25, -0.2) is 0 Å². The summed E-state index contributed by atoms with van der Waals surface area (Å²) >= 11 is 0. The number of amides is 1. The average Bonchev–Trinajstić information content (AvgIpc) is 2.89. The van der Waals surface area contributed by atoms with E-state index in [1.807, 2.05) is 53.4 Å². The third kappa shape index (κ3) is 4.03. The highest BCUT2D eigenvalue weighted by Gasteiger charge is 2.33.